The molecule has 3 rings (SSSR count). The van der Waals surface area contributed by atoms with Gasteiger partial charge in [-0.3, -0.25) is 4.90 Å². The van der Waals surface area contributed by atoms with Crippen molar-refractivity contribution < 1.29 is 9.53 Å². The molecule has 1 saturated carbocycles. The Labute approximate surface area is 103 Å². The number of ether oxygens (including phenoxy) is 1. The number of carbonyl (C=O) groups excluding carboxylic acids is 1. The van der Waals surface area contributed by atoms with E-state index in [1.54, 1.807) is 4.90 Å². The minimum Gasteiger partial charge on any atom is -0.442 e. The van der Waals surface area contributed by atoms with Crippen molar-refractivity contribution in [2.75, 3.05) is 11.4 Å². The molecule has 1 heterocycles. The van der Waals surface area contributed by atoms with Gasteiger partial charge in [0.2, 0.25) is 0 Å². The maximum Gasteiger partial charge on any atom is 0.414 e. The van der Waals surface area contributed by atoms with E-state index in [1.165, 1.54) is 0 Å². The van der Waals surface area contributed by atoms with Crippen molar-refractivity contribution in [1.29, 1.82) is 0 Å². The summed E-state index contributed by atoms with van der Waals surface area (Å²) in [7, 11) is 0. The molecule has 2 fully saturated rings. The lowest BCUT2D eigenvalue weighted by Crippen LogP contribution is -2.43. The van der Waals surface area contributed by atoms with E-state index in [-0.39, 0.29) is 11.7 Å². The van der Waals surface area contributed by atoms with Crippen molar-refractivity contribution >= 4 is 27.7 Å². The molecule has 0 N–H and O–H groups in total. The predicted molar refractivity (Wildman–Crippen MR) is 64.6 cm³/mol. The molecule has 0 radical (unpaired) electrons. The standard InChI is InChI=1S/C12H12BrNO2/c13-9-1-3-10(4-2-9)14-8-7-12(5-6-12)16-11(14)15/h1-4H,5-8H2. The summed E-state index contributed by atoms with van der Waals surface area (Å²) in [6, 6.07) is 7.72. The smallest absolute Gasteiger partial charge is 0.414 e. The highest BCUT2D eigenvalue weighted by Crippen LogP contribution is 2.45. The molecule has 1 aromatic rings. The molecule has 1 saturated heterocycles. The topological polar surface area (TPSA) is 29.5 Å². The van der Waals surface area contributed by atoms with Gasteiger partial charge in [0.1, 0.15) is 5.60 Å². The SMILES string of the molecule is O=C1OC2(CCN1c1ccc(Br)cc1)CC2. The maximum absolute atomic E-state index is 11.8. The molecule has 1 aliphatic heterocycles. The van der Waals surface area contributed by atoms with Gasteiger partial charge in [0.15, 0.2) is 0 Å². The van der Waals surface area contributed by atoms with Gasteiger partial charge in [-0.25, -0.2) is 4.79 Å². The molecule has 1 aliphatic carbocycles. The van der Waals surface area contributed by atoms with E-state index < -0.39 is 0 Å². The van der Waals surface area contributed by atoms with Crippen LogP contribution >= 0.6 is 15.9 Å². The van der Waals surface area contributed by atoms with E-state index in [2.05, 4.69) is 15.9 Å². The molecule has 0 unspecified atom stereocenters. The zero-order valence-corrected chi connectivity index (χ0v) is 10.4. The molecule has 2 aliphatic rings. The summed E-state index contributed by atoms with van der Waals surface area (Å²) in [6.45, 7) is 0.764. The largest absolute Gasteiger partial charge is 0.442 e. The fraction of sp³-hybridized carbons (Fsp3) is 0.417. The van der Waals surface area contributed by atoms with E-state index >= 15 is 0 Å². The zero-order chi connectivity index (χ0) is 11.2. The summed E-state index contributed by atoms with van der Waals surface area (Å²) >= 11 is 3.38. The summed E-state index contributed by atoms with van der Waals surface area (Å²) in [5.74, 6) is 0. The van der Waals surface area contributed by atoms with Crippen LogP contribution in [0.3, 0.4) is 0 Å². The number of benzene rings is 1. The molecule has 84 valence electrons. The minimum absolute atomic E-state index is 0.0943. The molecule has 1 spiro atoms. The van der Waals surface area contributed by atoms with Crippen LogP contribution in [0.15, 0.2) is 28.7 Å². The van der Waals surface area contributed by atoms with E-state index in [4.69, 9.17) is 4.74 Å². The Morgan fingerprint density at radius 2 is 1.88 bits per heavy atom. The molecule has 1 amide bonds. The number of anilines is 1. The van der Waals surface area contributed by atoms with Crippen LogP contribution in [0.1, 0.15) is 19.3 Å². The van der Waals surface area contributed by atoms with Gasteiger partial charge in [-0.15, -0.1) is 0 Å². The van der Waals surface area contributed by atoms with E-state index in [9.17, 15) is 4.79 Å². The van der Waals surface area contributed by atoms with Gasteiger partial charge in [-0.1, -0.05) is 15.9 Å². The summed E-state index contributed by atoms with van der Waals surface area (Å²) in [4.78, 5) is 13.5. The third kappa shape index (κ3) is 1.71. The van der Waals surface area contributed by atoms with Gasteiger partial charge >= 0.3 is 6.09 Å². The Bertz CT molecular complexity index is 425. The van der Waals surface area contributed by atoms with Crippen molar-refractivity contribution in [3.63, 3.8) is 0 Å². The van der Waals surface area contributed by atoms with Crippen LogP contribution in [0.25, 0.3) is 0 Å². The van der Waals surface area contributed by atoms with E-state index in [0.29, 0.717) is 0 Å². The summed E-state index contributed by atoms with van der Waals surface area (Å²) in [6.07, 6.45) is 2.82. The minimum atomic E-state index is -0.203. The van der Waals surface area contributed by atoms with Gasteiger partial charge in [0.25, 0.3) is 0 Å². The fourth-order valence-corrected chi connectivity index (χ4v) is 2.31. The van der Waals surface area contributed by atoms with Crippen molar-refractivity contribution in [3.8, 4) is 0 Å². The van der Waals surface area contributed by atoms with Crippen LogP contribution in [-0.2, 0) is 4.74 Å². The molecular weight excluding hydrogens is 270 g/mol. The lowest BCUT2D eigenvalue weighted by Gasteiger charge is -2.31. The van der Waals surface area contributed by atoms with Gasteiger partial charge in [0.05, 0.1) is 0 Å². The third-order valence-electron chi connectivity index (χ3n) is 3.26. The van der Waals surface area contributed by atoms with Crippen LogP contribution in [0, 0.1) is 0 Å². The number of nitrogens with zero attached hydrogens (tertiary/aromatic N) is 1. The maximum atomic E-state index is 11.8. The van der Waals surface area contributed by atoms with Crippen molar-refractivity contribution in [2.24, 2.45) is 0 Å². The molecule has 0 bridgehead atoms. The average Bonchev–Trinajstić information content (AvgIpc) is 3.00. The first-order chi connectivity index (χ1) is 7.69. The van der Waals surface area contributed by atoms with E-state index in [0.717, 1.165) is 36.0 Å². The summed E-state index contributed by atoms with van der Waals surface area (Å²) in [5, 5.41) is 0. The van der Waals surface area contributed by atoms with Crippen molar-refractivity contribution in [2.45, 2.75) is 24.9 Å². The Balaban J connectivity index is 1.80. The monoisotopic (exact) mass is 281 g/mol. The number of rotatable bonds is 1. The Morgan fingerprint density at radius 1 is 1.19 bits per heavy atom. The predicted octanol–water partition coefficient (Wildman–Crippen LogP) is 3.33. The Hall–Kier alpha value is -1.03. The molecule has 1 aromatic carbocycles. The molecule has 3 nitrogen and oxygen atoms in total. The first-order valence-corrected chi connectivity index (χ1v) is 6.24. The molecule has 16 heavy (non-hydrogen) atoms. The van der Waals surface area contributed by atoms with Crippen LogP contribution in [0.5, 0.6) is 0 Å². The number of carbonyl (C=O) groups is 1. The zero-order valence-electron chi connectivity index (χ0n) is 8.78. The molecule has 0 atom stereocenters. The molecule has 4 heteroatoms. The second-order valence-corrected chi connectivity index (χ2v) is 5.34. The lowest BCUT2D eigenvalue weighted by atomic mass is 10.2. The Kier molecular flexibility index (Phi) is 2.21. The van der Waals surface area contributed by atoms with Gasteiger partial charge in [-0.2, -0.15) is 0 Å². The number of hydrogen-bond acceptors (Lipinski definition) is 2. The van der Waals surface area contributed by atoms with Crippen molar-refractivity contribution in [1.82, 2.24) is 0 Å². The van der Waals surface area contributed by atoms with Gasteiger partial charge in [-0.05, 0) is 37.1 Å². The highest BCUT2D eigenvalue weighted by Gasteiger charge is 2.50. The molecule has 0 aromatic heterocycles. The number of amides is 1. The number of halogens is 1. The number of hydrogen-bond donors (Lipinski definition) is 0. The Morgan fingerprint density at radius 3 is 2.44 bits per heavy atom. The van der Waals surface area contributed by atoms with Crippen LogP contribution in [-0.4, -0.2) is 18.2 Å². The second kappa shape index (κ2) is 3.48. The average molecular weight is 282 g/mol. The lowest BCUT2D eigenvalue weighted by molar-refractivity contribution is 0.0683. The van der Waals surface area contributed by atoms with Crippen molar-refractivity contribution in [3.05, 3.63) is 28.7 Å². The van der Waals surface area contributed by atoms with Crippen LogP contribution in [0.2, 0.25) is 0 Å². The first-order valence-electron chi connectivity index (χ1n) is 5.45. The van der Waals surface area contributed by atoms with Gasteiger partial charge in [0, 0.05) is 23.1 Å². The quantitative estimate of drug-likeness (QED) is 0.790. The second-order valence-electron chi connectivity index (χ2n) is 4.43. The van der Waals surface area contributed by atoms with Crippen LogP contribution in [0.4, 0.5) is 10.5 Å². The highest BCUT2D eigenvalue weighted by molar-refractivity contribution is 9.10. The first kappa shape index (κ1) is 10.1. The summed E-state index contributed by atoms with van der Waals surface area (Å²) < 4.78 is 6.47. The molecular formula is C12H12BrNO2. The fourth-order valence-electron chi connectivity index (χ4n) is 2.05. The highest BCUT2D eigenvalue weighted by atomic mass is 79.9. The van der Waals surface area contributed by atoms with Gasteiger partial charge < -0.3 is 4.74 Å². The normalized spacial score (nSPS) is 22.1. The van der Waals surface area contributed by atoms with E-state index in [1.807, 2.05) is 24.3 Å². The summed E-state index contributed by atoms with van der Waals surface area (Å²) in [5.41, 5.74) is 0.812. The van der Waals surface area contributed by atoms with Crippen LogP contribution < -0.4 is 4.90 Å². The third-order valence-corrected chi connectivity index (χ3v) is 3.79.